The van der Waals surface area contributed by atoms with Crippen LogP contribution in [0.4, 0.5) is 5.69 Å². The van der Waals surface area contributed by atoms with Gasteiger partial charge in [-0.3, -0.25) is 9.59 Å². The Morgan fingerprint density at radius 2 is 1.75 bits per heavy atom. The highest BCUT2D eigenvalue weighted by molar-refractivity contribution is 6.32. The molecule has 1 aromatic carbocycles. The van der Waals surface area contributed by atoms with Gasteiger partial charge in [-0.1, -0.05) is 23.8 Å². The van der Waals surface area contributed by atoms with E-state index in [0.717, 1.165) is 0 Å². The minimum Gasteiger partial charge on any atom is -0.495 e. The van der Waals surface area contributed by atoms with Crippen molar-refractivity contribution in [2.75, 3.05) is 19.5 Å². The number of carboxylic acid groups (broad SMARTS) is 1. The highest BCUT2D eigenvalue weighted by Gasteiger charge is 2.53. The zero-order valence-electron chi connectivity index (χ0n) is 13.0. The maximum atomic E-state index is 12.7. The Hall–Kier alpha value is -2.25. The summed E-state index contributed by atoms with van der Waals surface area (Å²) in [6.07, 6.45) is 2.27. The van der Waals surface area contributed by atoms with E-state index in [1.54, 1.807) is 12.2 Å². The maximum Gasteiger partial charge on any atom is 0.310 e. The molecule has 1 aromatic rings. The lowest BCUT2D eigenvalue weighted by molar-refractivity contribution is -0.145. The molecule has 2 aliphatic rings. The van der Waals surface area contributed by atoms with Crippen LogP contribution in [0.3, 0.4) is 0 Å². The molecule has 1 saturated heterocycles. The van der Waals surface area contributed by atoms with Gasteiger partial charge in [0, 0.05) is 12.1 Å². The molecule has 3 rings (SSSR count). The number of methoxy groups -OCH3 is 2. The number of ether oxygens (including phenoxy) is 3. The van der Waals surface area contributed by atoms with Gasteiger partial charge in [-0.25, -0.2) is 0 Å². The number of hydrogen-bond donors (Lipinski definition) is 2. The molecule has 0 saturated carbocycles. The van der Waals surface area contributed by atoms with Crippen LogP contribution in [0.1, 0.15) is 0 Å². The number of amides is 1. The van der Waals surface area contributed by atoms with E-state index in [1.807, 2.05) is 0 Å². The van der Waals surface area contributed by atoms with Crippen molar-refractivity contribution in [1.82, 2.24) is 0 Å². The first-order chi connectivity index (χ1) is 11.5. The average Bonchev–Trinajstić information content (AvgIpc) is 3.16. The van der Waals surface area contributed by atoms with Crippen LogP contribution in [0, 0.1) is 11.8 Å². The van der Waals surface area contributed by atoms with Gasteiger partial charge in [-0.15, -0.1) is 0 Å². The Balaban J connectivity index is 1.87. The summed E-state index contributed by atoms with van der Waals surface area (Å²) in [5.41, 5.74) is 0.347. The lowest BCUT2D eigenvalue weighted by Crippen LogP contribution is -2.39. The van der Waals surface area contributed by atoms with Crippen LogP contribution >= 0.6 is 11.6 Å². The van der Waals surface area contributed by atoms with E-state index in [-0.39, 0.29) is 0 Å². The zero-order valence-corrected chi connectivity index (χ0v) is 13.7. The molecule has 128 valence electrons. The summed E-state index contributed by atoms with van der Waals surface area (Å²) < 4.78 is 15.8. The number of nitrogens with one attached hydrogen (secondary N) is 1. The molecule has 2 bridgehead atoms. The van der Waals surface area contributed by atoms with E-state index < -0.39 is 35.9 Å². The monoisotopic (exact) mass is 353 g/mol. The summed E-state index contributed by atoms with van der Waals surface area (Å²) in [6.45, 7) is 0. The van der Waals surface area contributed by atoms with Crippen LogP contribution in [0.25, 0.3) is 0 Å². The Kier molecular flexibility index (Phi) is 4.38. The highest BCUT2D eigenvalue weighted by atomic mass is 35.5. The van der Waals surface area contributed by atoms with Gasteiger partial charge in [0.15, 0.2) is 0 Å². The summed E-state index contributed by atoms with van der Waals surface area (Å²) in [6, 6.07) is 3.04. The SMILES string of the molecule is COc1cc(NC(=O)[C@@H]2[C@@H](C(=O)O)[C@H]3C=C[C@@H]2O3)c(OC)cc1Cl. The Labute approximate surface area is 143 Å². The van der Waals surface area contributed by atoms with Crippen molar-refractivity contribution in [1.29, 1.82) is 0 Å². The van der Waals surface area contributed by atoms with Gasteiger partial charge in [0.2, 0.25) is 5.91 Å². The molecule has 8 heteroatoms. The standard InChI is InChI=1S/C16H16ClNO6/c1-22-11-6-8(12(23-2)5-7(11)17)18-15(19)13-9-3-4-10(24-9)14(13)16(20)21/h3-6,9-10,13-14H,1-2H3,(H,18,19)(H,20,21)/t9-,10+,13-,14-/m0/s1. The van der Waals surface area contributed by atoms with E-state index in [0.29, 0.717) is 22.2 Å². The molecule has 4 atom stereocenters. The Bertz CT molecular complexity index is 719. The van der Waals surface area contributed by atoms with Gasteiger partial charge in [0.05, 0.1) is 43.1 Å². The molecular weight excluding hydrogens is 338 g/mol. The number of halogens is 1. The van der Waals surface area contributed by atoms with Crippen molar-refractivity contribution in [3.8, 4) is 11.5 Å². The fraction of sp³-hybridized carbons (Fsp3) is 0.375. The average molecular weight is 354 g/mol. The normalized spacial score (nSPS) is 27.1. The van der Waals surface area contributed by atoms with E-state index >= 15 is 0 Å². The lowest BCUT2D eigenvalue weighted by Gasteiger charge is -2.22. The first-order valence-corrected chi connectivity index (χ1v) is 7.63. The second kappa shape index (κ2) is 6.33. The lowest BCUT2D eigenvalue weighted by atomic mass is 9.82. The maximum absolute atomic E-state index is 12.7. The Morgan fingerprint density at radius 1 is 1.12 bits per heavy atom. The summed E-state index contributed by atoms with van der Waals surface area (Å²) in [5.74, 6) is -2.54. The largest absolute Gasteiger partial charge is 0.495 e. The molecular formula is C16H16ClNO6. The quantitative estimate of drug-likeness (QED) is 0.786. The van der Waals surface area contributed by atoms with Crippen LogP contribution in [0.2, 0.25) is 5.02 Å². The number of hydrogen-bond acceptors (Lipinski definition) is 5. The third-order valence-corrected chi connectivity index (χ3v) is 4.51. The first kappa shape index (κ1) is 16.6. The topological polar surface area (TPSA) is 94.1 Å². The number of anilines is 1. The molecule has 0 spiro atoms. The van der Waals surface area contributed by atoms with E-state index in [4.69, 9.17) is 25.8 Å². The molecule has 0 aliphatic carbocycles. The molecule has 0 radical (unpaired) electrons. The van der Waals surface area contributed by atoms with Crippen LogP contribution in [0.15, 0.2) is 24.3 Å². The van der Waals surface area contributed by atoms with Gasteiger partial charge < -0.3 is 24.6 Å². The molecule has 2 aliphatic heterocycles. The van der Waals surface area contributed by atoms with E-state index in [2.05, 4.69) is 5.32 Å². The molecule has 7 nitrogen and oxygen atoms in total. The minimum absolute atomic E-state index is 0.335. The van der Waals surface area contributed by atoms with Crippen molar-refractivity contribution in [3.63, 3.8) is 0 Å². The number of carboxylic acids is 1. The summed E-state index contributed by atoms with van der Waals surface area (Å²) >= 11 is 6.04. The smallest absolute Gasteiger partial charge is 0.310 e. The van der Waals surface area contributed by atoms with Crippen molar-refractivity contribution < 1.29 is 28.9 Å². The number of carbonyl (C=O) groups is 2. The molecule has 2 N–H and O–H groups in total. The number of rotatable bonds is 5. The zero-order chi connectivity index (χ0) is 17.4. The van der Waals surface area contributed by atoms with E-state index in [9.17, 15) is 14.7 Å². The van der Waals surface area contributed by atoms with Gasteiger partial charge in [-0.2, -0.15) is 0 Å². The second-order valence-corrected chi connectivity index (χ2v) is 5.92. The predicted molar refractivity (Wildman–Crippen MR) is 85.6 cm³/mol. The predicted octanol–water partition coefficient (Wildman–Crippen LogP) is 1.95. The summed E-state index contributed by atoms with van der Waals surface area (Å²) in [4.78, 5) is 24.1. The number of benzene rings is 1. The highest BCUT2D eigenvalue weighted by Crippen LogP contribution is 2.41. The molecule has 1 fully saturated rings. The van der Waals surface area contributed by atoms with Crippen molar-refractivity contribution in [2.45, 2.75) is 12.2 Å². The second-order valence-electron chi connectivity index (χ2n) is 5.52. The van der Waals surface area contributed by atoms with Crippen LogP contribution in [-0.4, -0.2) is 43.4 Å². The first-order valence-electron chi connectivity index (χ1n) is 7.25. The van der Waals surface area contributed by atoms with Crippen LogP contribution < -0.4 is 14.8 Å². The van der Waals surface area contributed by atoms with E-state index in [1.165, 1.54) is 26.4 Å². The Morgan fingerprint density at radius 3 is 2.33 bits per heavy atom. The van der Waals surface area contributed by atoms with Crippen molar-refractivity contribution in [2.24, 2.45) is 11.8 Å². The number of fused-ring (bicyclic) bond motifs is 2. The van der Waals surface area contributed by atoms with Crippen LogP contribution in [0.5, 0.6) is 11.5 Å². The fourth-order valence-electron chi connectivity index (χ4n) is 3.09. The third kappa shape index (κ3) is 2.70. The molecule has 0 unspecified atom stereocenters. The van der Waals surface area contributed by atoms with Crippen LogP contribution in [-0.2, 0) is 14.3 Å². The number of carbonyl (C=O) groups excluding carboxylic acids is 1. The molecule has 24 heavy (non-hydrogen) atoms. The fourth-order valence-corrected chi connectivity index (χ4v) is 3.32. The summed E-state index contributed by atoms with van der Waals surface area (Å²) in [7, 11) is 2.89. The van der Waals surface area contributed by atoms with Gasteiger partial charge in [0.1, 0.15) is 17.4 Å². The summed E-state index contributed by atoms with van der Waals surface area (Å²) in [5, 5.41) is 12.4. The molecule has 2 heterocycles. The molecule has 1 amide bonds. The van der Waals surface area contributed by atoms with Gasteiger partial charge >= 0.3 is 5.97 Å². The molecule has 0 aromatic heterocycles. The number of aliphatic carboxylic acids is 1. The van der Waals surface area contributed by atoms with Crippen molar-refractivity contribution in [3.05, 3.63) is 29.3 Å². The van der Waals surface area contributed by atoms with Gasteiger partial charge in [-0.05, 0) is 0 Å². The third-order valence-electron chi connectivity index (χ3n) is 4.22. The van der Waals surface area contributed by atoms with Crippen molar-refractivity contribution >= 4 is 29.2 Å². The van der Waals surface area contributed by atoms with Gasteiger partial charge in [0.25, 0.3) is 0 Å². The minimum atomic E-state index is -1.06.